The second kappa shape index (κ2) is 5.92. The molecule has 1 aliphatic carbocycles. The number of carbonyl (C=O) groups is 1. The quantitative estimate of drug-likeness (QED) is 0.570. The van der Waals surface area contributed by atoms with Crippen molar-refractivity contribution in [2.24, 2.45) is 5.10 Å². The summed E-state index contributed by atoms with van der Waals surface area (Å²) in [6.45, 7) is 1.89. The standard InChI is InChI=1S/C19H18N4O/c1-12(15-8-4-6-13-5-2-3-7-16(13)15)20-23-19(24)18-11-17(21-22-18)14-9-10-14/h2-8,11,14H,9-10H2,1H3,(H,21,22)(H,23,24)/b20-12-. The SMILES string of the molecule is C/C(=N/NC(=O)c1cc(C2CC2)[nH]n1)c1cccc2ccccc12. The zero-order chi connectivity index (χ0) is 16.5. The van der Waals surface area contributed by atoms with Crippen LogP contribution in [-0.4, -0.2) is 21.8 Å². The van der Waals surface area contributed by atoms with Crippen LogP contribution in [0.4, 0.5) is 0 Å². The largest absolute Gasteiger partial charge is 0.291 e. The fourth-order valence-electron chi connectivity index (χ4n) is 2.85. The highest BCUT2D eigenvalue weighted by Crippen LogP contribution is 2.38. The molecule has 4 rings (SSSR count). The molecule has 0 bridgehead atoms. The van der Waals surface area contributed by atoms with Gasteiger partial charge < -0.3 is 0 Å². The number of amides is 1. The first-order chi connectivity index (χ1) is 11.7. The number of hydrazone groups is 1. The summed E-state index contributed by atoms with van der Waals surface area (Å²) in [6.07, 6.45) is 2.34. The maximum Gasteiger partial charge on any atom is 0.291 e. The van der Waals surface area contributed by atoms with Gasteiger partial charge in [0.1, 0.15) is 0 Å². The molecule has 2 aromatic carbocycles. The van der Waals surface area contributed by atoms with Gasteiger partial charge in [-0.1, -0.05) is 42.5 Å². The van der Waals surface area contributed by atoms with E-state index in [-0.39, 0.29) is 5.91 Å². The second-order valence-electron chi connectivity index (χ2n) is 6.15. The molecule has 24 heavy (non-hydrogen) atoms. The highest BCUT2D eigenvalue weighted by Gasteiger charge is 2.26. The molecule has 0 atom stereocenters. The van der Waals surface area contributed by atoms with Crippen LogP contribution in [0.2, 0.25) is 0 Å². The zero-order valence-corrected chi connectivity index (χ0v) is 13.4. The zero-order valence-electron chi connectivity index (χ0n) is 13.4. The first-order valence-electron chi connectivity index (χ1n) is 8.10. The third-order valence-electron chi connectivity index (χ3n) is 4.35. The summed E-state index contributed by atoms with van der Waals surface area (Å²) in [5, 5.41) is 13.5. The first-order valence-corrected chi connectivity index (χ1v) is 8.10. The maximum atomic E-state index is 12.2. The van der Waals surface area contributed by atoms with E-state index in [0.29, 0.717) is 11.6 Å². The minimum atomic E-state index is -0.294. The molecule has 1 fully saturated rings. The molecule has 0 spiro atoms. The predicted octanol–water partition coefficient (Wildman–Crippen LogP) is 3.59. The fourth-order valence-corrected chi connectivity index (χ4v) is 2.85. The summed E-state index contributed by atoms with van der Waals surface area (Å²) >= 11 is 0. The summed E-state index contributed by atoms with van der Waals surface area (Å²) in [5.41, 5.74) is 5.79. The van der Waals surface area contributed by atoms with Gasteiger partial charge in [-0.3, -0.25) is 9.89 Å². The summed E-state index contributed by atoms with van der Waals surface area (Å²) in [7, 11) is 0. The van der Waals surface area contributed by atoms with Crippen molar-refractivity contribution < 1.29 is 4.79 Å². The van der Waals surface area contributed by atoms with Crippen LogP contribution in [0.5, 0.6) is 0 Å². The minimum absolute atomic E-state index is 0.294. The lowest BCUT2D eigenvalue weighted by Gasteiger charge is -2.06. The van der Waals surface area contributed by atoms with Crippen LogP contribution in [-0.2, 0) is 0 Å². The number of nitrogens with zero attached hydrogens (tertiary/aromatic N) is 2. The molecule has 1 aromatic heterocycles. The van der Waals surface area contributed by atoms with Crippen molar-refractivity contribution in [3.63, 3.8) is 0 Å². The molecule has 0 aliphatic heterocycles. The molecular formula is C19H18N4O. The topological polar surface area (TPSA) is 70.1 Å². The van der Waals surface area contributed by atoms with Crippen LogP contribution in [0.25, 0.3) is 10.8 Å². The number of hydrogen-bond donors (Lipinski definition) is 2. The van der Waals surface area contributed by atoms with Crippen LogP contribution in [0.1, 0.15) is 47.4 Å². The van der Waals surface area contributed by atoms with Gasteiger partial charge in [-0.25, -0.2) is 5.43 Å². The second-order valence-corrected chi connectivity index (χ2v) is 6.15. The van der Waals surface area contributed by atoms with Crippen molar-refractivity contribution in [1.82, 2.24) is 15.6 Å². The van der Waals surface area contributed by atoms with Crippen LogP contribution in [0.3, 0.4) is 0 Å². The Kier molecular flexibility index (Phi) is 3.61. The van der Waals surface area contributed by atoms with Crippen molar-refractivity contribution in [3.05, 3.63) is 65.5 Å². The van der Waals surface area contributed by atoms with Gasteiger partial charge in [-0.15, -0.1) is 0 Å². The third kappa shape index (κ3) is 2.80. The number of aromatic nitrogens is 2. The van der Waals surface area contributed by atoms with Gasteiger partial charge in [0, 0.05) is 17.2 Å². The lowest BCUT2D eigenvalue weighted by Crippen LogP contribution is -2.19. The van der Waals surface area contributed by atoms with E-state index >= 15 is 0 Å². The number of rotatable bonds is 4. The number of carbonyl (C=O) groups excluding carboxylic acids is 1. The van der Waals surface area contributed by atoms with Gasteiger partial charge in [-0.2, -0.15) is 10.2 Å². The van der Waals surface area contributed by atoms with Gasteiger partial charge >= 0.3 is 0 Å². The Labute approximate surface area is 139 Å². The molecule has 0 unspecified atom stereocenters. The molecule has 1 saturated carbocycles. The number of aromatic amines is 1. The molecule has 0 saturated heterocycles. The van der Waals surface area contributed by atoms with E-state index in [9.17, 15) is 4.79 Å². The molecule has 1 heterocycles. The Morgan fingerprint density at radius 2 is 2.00 bits per heavy atom. The monoisotopic (exact) mass is 318 g/mol. The van der Waals surface area contributed by atoms with Crippen molar-refractivity contribution in [2.45, 2.75) is 25.7 Å². The lowest BCUT2D eigenvalue weighted by molar-refractivity contribution is 0.0950. The molecule has 1 aliphatic rings. The van der Waals surface area contributed by atoms with Gasteiger partial charge in [0.25, 0.3) is 5.91 Å². The fraction of sp³-hybridized carbons (Fsp3) is 0.211. The number of fused-ring (bicyclic) bond motifs is 1. The average Bonchev–Trinajstić information content (AvgIpc) is 3.35. The molecular weight excluding hydrogens is 300 g/mol. The summed E-state index contributed by atoms with van der Waals surface area (Å²) < 4.78 is 0. The van der Waals surface area contributed by atoms with Gasteiger partial charge in [0.05, 0.1) is 5.71 Å². The first kappa shape index (κ1) is 14.6. The number of nitrogens with one attached hydrogen (secondary N) is 2. The highest BCUT2D eigenvalue weighted by atomic mass is 16.2. The Hall–Kier alpha value is -2.95. The Bertz CT molecular complexity index is 932. The number of benzene rings is 2. The molecule has 5 heteroatoms. The van der Waals surface area contributed by atoms with Crippen molar-refractivity contribution >= 4 is 22.4 Å². The molecule has 120 valence electrons. The van der Waals surface area contributed by atoms with Gasteiger partial charge in [0.15, 0.2) is 5.69 Å². The van der Waals surface area contributed by atoms with E-state index in [2.05, 4.69) is 38.9 Å². The number of hydrogen-bond acceptors (Lipinski definition) is 3. The van der Waals surface area contributed by atoms with Crippen LogP contribution >= 0.6 is 0 Å². The maximum absolute atomic E-state index is 12.2. The molecule has 1 amide bonds. The molecule has 5 nitrogen and oxygen atoms in total. The van der Waals surface area contributed by atoms with Crippen LogP contribution in [0.15, 0.2) is 53.6 Å². The third-order valence-corrected chi connectivity index (χ3v) is 4.35. The van der Waals surface area contributed by atoms with Crippen LogP contribution < -0.4 is 5.43 Å². The Balaban J connectivity index is 1.54. The lowest BCUT2D eigenvalue weighted by atomic mass is 10.0. The molecule has 3 aromatic rings. The van der Waals surface area contributed by atoms with E-state index in [0.717, 1.165) is 27.7 Å². The van der Waals surface area contributed by atoms with Crippen LogP contribution in [0, 0.1) is 0 Å². The molecule has 0 radical (unpaired) electrons. The van der Waals surface area contributed by atoms with E-state index in [1.165, 1.54) is 12.8 Å². The van der Waals surface area contributed by atoms with E-state index in [4.69, 9.17) is 0 Å². The van der Waals surface area contributed by atoms with E-state index in [1.54, 1.807) is 0 Å². The van der Waals surface area contributed by atoms with Crippen molar-refractivity contribution in [1.29, 1.82) is 0 Å². The predicted molar refractivity (Wildman–Crippen MR) is 94.2 cm³/mol. The Morgan fingerprint density at radius 3 is 2.83 bits per heavy atom. The normalized spacial score (nSPS) is 14.8. The van der Waals surface area contributed by atoms with E-state index < -0.39 is 0 Å². The van der Waals surface area contributed by atoms with Gasteiger partial charge in [0.2, 0.25) is 0 Å². The van der Waals surface area contributed by atoms with Crippen molar-refractivity contribution in [3.8, 4) is 0 Å². The Morgan fingerprint density at radius 1 is 1.21 bits per heavy atom. The number of H-pyrrole nitrogens is 1. The van der Waals surface area contributed by atoms with Crippen molar-refractivity contribution in [2.75, 3.05) is 0 Å². The average molecular weight is 318 g/mol. The van der Waals surface area contributed by atoms with Gasteiger partial charge in [-0.05, 0) is 36.6 Å². The smallest absolute Gasteiger partial charge is 0.281 e. The summed E-state index contributed by atoms with van der Waals surface area (Å²) in [4.78, 5) is 12.2. The summed E-state index contributed by atoms with van der Waals surface area (Å²) in [6, 6.07) is 16.0. The minimum Gasteiger partial charge on any atom is -0.281 e. The molecule has 2 N–H and O–H groups in total. The highest BCUT2D eigenvalue weighted by molar-refractivity contribution is 6.10. The van der Waals surface area contributed by atoms with E-state index in [1.807, 2.05) is 37.3 Å². The summed E-state index contributed by atoms with van der Waals surface area (Å²) in [5.74, 6) is 0.248.